The number of aryl methyl sites for hydroxylation is 1. The molecule has 0 saturated heterocycles. The van der Waals surface area contributed by atoms with Gasteiger partial charge in [0.1, 0.15) is 0 Å². The van der Waals surface area contributed by atoms with Gasteiger partial charge in [-0.2, -0.15) is 0 Å². The second-order valence-corrected chi connectivity index (χ2v) is 8.99. The SMILES string of the molecule is Cc1ccc(Cl)cc1NC(=O)COC(=O)C12C[C@@H]3C[C@@H](CC(O)(C3)C1)C2. The van der Waals surface area contributed by atoms with Crippen LogP contribution in [0.4, 0.5) is 5.69 Å². The molecule has 4 bridgehead atoms. The Kier molecular flexibility index (Phi) is 4.27. The number of halogens is 1. The Labute approximate surface area is 158 Å². The first kappa shape index (κ1) is 17.8. The summed E-state index contributed by atoms with van der Waals surface area (Å²) >= 11 is 5.96. The standard InChI is InChI=1S/C20H24ClNO4/c1-12-2-3-15(21)5-16(12)22-17(23)10-26-18(24)19-6-13-4-14(7-19)9-20(25,8-13)11-19/h2-3,5,13-14,25H,4,6-11H2,1H3,(H,22,23)/t13-,14+,19?,20?. The molecular formula is C20H24ClNO4. The van der Waals surface area contributed by atoms with Gasteiger partial charge in [0.25, 0.3) is 5.91 Å². The molecule has 5 rings (SSSR count). The average Bonchev–Trinajstić information content (AvgIpc) is 2.53. The van der Waals surface area contributed by atoms with Crippen molar-refractivity contribution in [3.63, 3.8) is 0 Å². The Morgan fingerprint density at radius 3 is 2.62 bits per heavy atom. The Bertz CT molecular complexity index is 748. The lowest BCUT2D eigenvalue weighted by molar-refractivity contribution is -0.196. The molecule has 0 aliphatic heterocycles. The number of anilines is 1. The quantitative estimate of drug-likeness (QED) is 0.788. The predicted molar refractivity (Wildman–Crippen MR) is 97.8 cm³/mol. The van der Waals surface area contributed by atoms with Crippen molar-refractivity contribution in [2.24, 2.45) is 17.3 Å². The van der Waals surface area contributed by atoms with Crippen LogP contribution in [0.25, 0.3) is 0 Å². The number of benzene rings is 1. The van der Waals surface area contributed by atoms with Crippen molar-refractivity contribution in [2.45, 2.75) is 51.0 Å². The lowest BCUT2D eigenvalue weighted by atomic mass is 9.48. The number of ether oxygens (including phenoxy) is 1. The smallest absolute Gasteiger partial charge is 0.312 e. The van der Waals surface area contributed by atoms with Crippen molar-refractivity contribution >= 4 is 29.2 Å². The molecular weight excluding hydrogens is 354 g/mol. The molecule has 2 N–H and O–H groups in total. The van der Waals surface area contributed by atoms with Crippen LogP contribution in [0.2, 0.25) is 5.02 Å². The van der Waals surface area contributed by atoms with Crippen LogP contribution < -0.4 is 5.32 Å². The molecule has 2 unspecified atom stereocenters. The number of carbonyl (C=O) groups excluding carboxylic acids is 2. The summed E-state index contributed by atoms with van der Waals surface area (Å²) in [5, 5.41) is 14.0. The maximum atomic E-state index is 12.8. The van der Waals surface area contributed by atoms with Gasteiger partial charge in [-0.05, 0) is 75.0 Å². The summed E-state index contributed by atoms with van der Waals surface area (Å²) in [6.07, 6.45) is 4.73. The van der Waals surface area contributed by atoms with E-state index in [9.17, 15) is 14.7 Å². The number of nitrogens with one attached hydrogen (secondary N) is 1. The summed E-state index contributed by atoms with van der Waals surface area (Å²) < 4.78 is 5.38. The van der Waals surface area contributed by atoms with Crippen molar-refractivity contribution < 1.29 is 19.4 Å². The minimum atomic E-state index is -0.719. The topological polar surface area (TPSA) is 75.6 Å². The summed E-state index contributed by atoms with van der Waals surface area (Å²) in [7, 11) is 0. The summed E-state index contributed by atoms with van der Waals surface area (Å²) in [6, 6.07) is 5.25. The lowest BCUT2D eigenvalue weighted by Crippen LogP contribution is -2.58. The van der Waals surface area contributed by atoms with Gasteiger partial charge in [-0.3, -0.25) is 9.59 Å². The predicted octanol–water partition coefficient (Wildman–Crippen LogP) is 3.46. The van der Waals surface area contributed by atoms with E-state index >= 15 is 0 Å². The molecule has 4 aliphatic carbocycles. The average molecular weight is 378 g/mol. The van der Waals surface area contributed by atoms with Gasteiger partial charge in [0.15, 0.2) is 6.61 Å². The number of amides is 1. The first-order chi connectivity index (χ1) is 12.3. The van der Waals surface area contributed by atoms with Gasteiger partial charge in [0, 0.05) is 10.7 Å². The maximum absolute atomic E-state index is 12.8. The molecule has 4 aliphatic rings. The molecule has 5 nitrogen and oxygen atoms in total. The van der Waals surface area contributed by atoms with Gasteiger partial charge in [0.05, 0.1) is 11.0 Å². The third kappa shape index (κ3) is 3.23. The van der Waals surface area contributed by atoms with Gasteiger partial charge >= 0.3 is 5.97 Å². The number of carbonyl (C=O) groups is 2. The van der Waals surface area contributed by atoms with E-state index in [0.29, 0.717) is 29.0 Å². The number of rotatable bonds is 4. The molecule has 140 valence electrons. The summed E-state index contributed by atoms with van der Waals surface area (Å²) in [5.74, 6) is 0.0867. The molecule has 0 heterocycles. The van der Waals surface area contributed by atoms with E-state index in [0.717, 1.165) is 37.7 Å². The van der Waals surface area contributed by atoms with Crippen LogP contribution in [-0.2, 0) is 14.3 Å². The van der Waals surface area contributed by atoms with E-state index in [1.807, 2.05) is 13.0 Å². The van der Waals surface area contributed by atoms with Crippen molar-refractivity contribution in [2.75, 3.05) is 11.9 Å². The highest BCUT2D eigenvalue weighted by Crippen LogP contribution is 2.61. The molecule has 4 fully saturated rings. The molecule has 1 aromatic carbocycles. The minimum Gasteiger partial charge on any atom is -0.455 e. The fourth-order valence-corrected chi connectivity index (χ4v) is 5.82. The first-order valence-electron chi connectivity index (χ1n) is 9.23. The van der Waals surface area contributed by atoms with Crippen molar-refractivity contribution in [3.8, 4) is 0 Å². The van der Waals surface area contributed by atoms with Crippen molar-refractivity contribution in [3.05, 3.63) is 28.8 Å². The van der Waals surface area contributed by atoms with Crippen LogP contribution in [0.5, 0.6) is 0 Å². The Morgan fingerprint density at radius 2 is 1.96 bits per heavy atom. The van der Waals surface area contributed by atoms with Gasteiger partial charge in [-0.15, -0.1) is 0 Å². The lowest BCUT2D eigenvalue weighted by Gasteiger charge is -2.58. The molecule has 0 aromatic heterocycles. The molecule has 1 aromatic rings. The van der Waals surface area contributed by atoms with E-state index in [1.54, 1.807) is 12.1 Å². The number of aliphatic hydroxyl groups is 1. The van der Waals surface area contributed by atoms with Gasteiger partial charge in [-0.25, -0.2) is 0 Å². The Balaban J connectivity index is 1.38. The van der Waals surface area contributed by atoms with Gasteiger partial charge in [-0.1, -0.05) is 17.7 Å². The molecule has 6 heteroatoms. The summed E-state index contributed by atoms with van der Waals surface area (Å²) in [5.41, 5.74) is 0.175. The number of esters is 1. The molecule has 4 atom stereocenters. The van der Waals surface area contributed by atoms with Crippen LogP contribution in [-0.4, -0.2) is 29.2 Å². The molecule has 1 amide bonds. The van der Waals surface area contributed by atoms with Crippen LogP contribution in [0.3, 0.4) is 0 Å². The van der Waals surface area contributed by atoms with Crippen LogP contribution in [0.1, 0.15) is 44.1 Å². The highest BCUT2D eigenvalue weighted by atomic mass is 35.5. The van der Waals surface area contributed by atoms with Crippen LogP contribution in [0.15, 0.2) is 18.2 Å². The largest absolute Gasteiger partial charge is 0.455 e. The Hall–Kier alpha value is -1.59. The zero-order valence-corrected chi connectivity index (χ0v) is 15.6. The zero-order valence-electron chi connectivity index (χ0n) is 14.9. The molecule has 0 spiro atoms. The van der Waals surface area contributed by atoms with E-state index in [2.05, 4.69) is 5.32 Å². The minimum absolute atomic E-state index is 0.319. The van der Waals surface area contributed by atoms with E-state index in [1.165, 1.54) is 0 Å². The highest BCUT2D eigenvalue weighted by molar-refractivity contribution is 6.31. The molecule has 4 saturated carbocycles. The number of hydrogen-bond acceptors (Lipinski definition) is 4. The van der Waals surface area contributed by atoms with Gasteiger partial charge in [0.2, 0.25) is 0 Å². The van der Waals surface area contributed by atoms with E-state index < -0.39 is 11.0 Å². The normalized spacial score (nSPS) is 34.6. The molecule has 26 heavy (non-hydrogen) atoms. The van der Waals surface area contributed by atoms with Gasteiger partial charge < -0.3 is 15.2 Å². The zero-order chi connectivity index (χ0) is 18.5. The van der Waals surface area contributed by atoms with E-state index in [-0.39, 0.29) is 18.5 Å². The van der Waals surface area contributed by atoms with Crippen LogP contribution >= 0.6 is 11.6 Å². The van der Waals surface area contributed by atoms with Crippen molar-refractivity contribution in [1.82, 2.24) is 0 Å². The monoisotopic (exact) mass is 377 g/mol. The fourth-order valence-electron chi connectivity index (χ4n) is 5.65. The number of hydrogen-bond donors (Lipinski definition) is 2. The highest BCUT2D eigenvalue weighted by Gasteiger charge is 2.60. The maximum Gasteiger partial charge on any atom is 0.312 e. The summed E-state index contributed by atoms with van der Waals surface area (Å²) in [6.45, 7) is 1.55. The Morgan fingerprint density at radius 1 is 1.27 bits per heavy atom. The van der Waals surface area contributed by atoms with E-state index in [4.69, 9.17) is 16.3 Å². The molecule has 0 radical (unpaired) electrons. The first-order valence-corrected chi connectivity index (χ1v) is 9.60. The van der Waals surface area contributed by atoms with Crippen molar-refractivity contribution in [1.29, 1.82) is 0 Å². The third-order valence-electron chi connectivity index (χ3n) is 6.27. The second kappa shape index (κ2) is 6.24. The third-order valence-corrected chi connectivity index (χ3v) is 6.51. The summed E-state index contributed by atoms with van der Waals surface area (Å²) in [4.78, 5) is 25.0. The fraction of sp³-hybridized carbons (Fsp3) is 0.600. The second-order valence-electron chi connectivity index (χ2n) is 8.55. The van der Waals surface area contributed by atoms with Crippen LogP contribution in [0, 0.1) is 24.2 Å².